The van der Waals surface area contributed by atoms with Gasteiger partial charge in [0.2, 0.25) is 0 Å². The number of amides is 1. The molecule has 1 unspecified atom stereocenters. The largest absolute Gasteiger partial charge is 0.497 e. The summed E-state index contributed by atoms with van der Waals surface area (Å²) in [5.74, 6) is 1.23. The summed E-state index contributed by atoms with van der Waals surface area (Å²) in [6.07, 6.45) is -2.67. The Balaban J connectivity index is 1.31. The number of nitro groups is 2. The number of H-pyrrole nitrogens is 1. The van der Waals surface area contributed by atoms with Crippen LogP contribution in [0.2, 0.25) is 0 Å². The van der Waals surface area contributed by atoms with E-state index in [1.807, 2.05) is 111 Å². The zero-order valence-electron chi connectivity index (χ0n) is 41.7. The molecule has 0 radical (unpaired) electrons. The molecule has 0 aliphatic carbocycles. The van der Waals surface area contributed by atoms with Gasteiger partial charge in [-0.05, 0) is 86.2 Å². The average molecular weight is 1040 g/mol. The number of aromatic amines is 1. The lowest BCUT2D eigenvalue weighted by atomic mass is 9.80. The second kappa shape index (κ2) is 25.1. The van der Waals surface area contributed by atoms with Crippen LogP contribution < -0.4 is 26.0 Å². The van der Waals surface area contributed by atoms with E-state index in [0.29, 0.717) is 34.6 Å². The summed E-state index contributed by atoms with van der Waals surface area (Å²) in [5.41, 5.74) is 0.663. The predicted molar refractivity (Wildman–Crippen MR) is 275 cm³/mol. The van der Waals surface area contributed by atoms with Gasteiger partial charge in [0.05, 0.1) is 43.9 Å². The molecule has 74 heavy (non-hydrogen) atoms. The van der Waals surface area contributed by atoms with E-state index in [1.165, 1.54) is 30.5 Å². The Hall–Kier alpha value is -7.32. The molecular formula is C53H59N6O14P. The number of carbonyl (C=O) groups excluding carboxylic acids is 1. The summed E-state index contributed by atoms with van der Waals surface area (Å²) < 4.78 is 48.2. The summed E-state index contributed by atoms with van der Waals surface area (Å²) >= 11 is 0. The average Bonchev–Trinajstić information content (AvgIpc) is 3.72. The molecule has 2 N–H and O–H groups in total. The zero-order chi connectivity index (χ0) is 52.9. The summed E-state index contributed by atoms with van der Waals surface area (Å²) in [5, 5.41) is 25.6. The molecule has 1 aromatic heterocycles. The fourth-order valence-corrected chi connectivity index (χ4v) is 10.6. The molecule has 1 fully saturated rings. The van der Waals surface area contributed by atoms with Crippen LogP contribution in [0.3, 0.4) is 0 Å². The van der Waals surface area contributed by atoms with Crippen LogP contribution in [0.4, 0.5) is 16.2 Å². The molecule has 5 atom stereocenters. The van der Waals surface area contributed by atoms with E-state index in [0.717, 1.165) is 21.8 Å². The minimum atomic E-state index is -2.06. The maximum atomic E-state index is 14.1. The van der Waals surface area contributed by atoms with Gasteiger partial charge in [0.1, 0.15) is 35.3 Å². The third-order valence-electron chi connectivity index (χ3n) is 12.4. The zero-order valence-corrected chi connectivity index (χ0v) is 42.6. The molecule has 390 valence electrons. The number of aromatic nitrogens is 2. The van der Waals surface area contributed by atoms with Gasteiger partial charge >= 0.3 is 11.8 Å². The number of hydrogen-bond acceptors (Lipinski definition) is 15. The Bertz CT molecular complexity index is 2870. The molecule has 1 saturated heterocycles. The fraction of sp³-hybridized carbons (Fsp3) is 0.340. The minimum Gasteiger partial charge on any atom is -0.497 e. The first kappa shape index (κ1) is 54.5. The number of nitro benzene ring substituents is 2. The molecule has 0 bridgehead atoms. The van der Waals surface area contributed by atoms with Gasteiger partial charge in [-0.2, -0.15) is 0 Å². The van der Waals surface area contributed by atoms with Crippen LogP contribution in [0.15, 0.2) is 149 Å². The lowest BCUT2D eigenvalue weighted by molar-refractivity contribution is -0.385. The Labute approximate surface area is 428 Å². The maximum Gasteiger partial charge on any atom is 0.407 e. The Morgan fingerprint density at radius 3 is 1.74 bits per heavy atom. The standard InChI is InChI=1S/C53H59N6O14P/c1-35(2)57(36(3)4)74(71-33-30-38-14-22-43(23-15-38)59(65)66)73-49-46(34-70-53(39-10-8-7-9-11-39,40-16-24-44(67-5)25-17-40)41-18-26-45(68-6)27-19-41)72-50(56-31-28-47(60)54-51(56)61)48(49)55-52(62)69-32-29-37-12-20-42(21-13-37)58(63)64/h7-28,31,35-36,46,48-50H,29-30,32-34H2,1-6H3,(H,55,62)(H,54,60,61)/t46-,48-,49-,50-,74?/m1/s1. The number of hydrogen-bond donors (Lipinski definition) is 2. The lowest BCUT2D eigenvalue weighted by Gasteiger charge is -2.39. The molecule has 1 aliphatic heterocycles. The first-order chi connectivity index (χ1) is 35.6. The Kier molecular flexibility index (Phi) is 18.5. The first-order valence-electron chi connectivity index (χ1n) is 23.8. The smallest absolute Gasteiger partial charge is 0.407 e. The van der Waals surface area contributed by atoms with Crippen LogP contribution in [0.5, 0.6) is 11.5 Å². The van der Waals surface area contributed by atoms with Gasteiger partial charge in [-0.3, -0.25) is 34.6 Å². The maximum absolute atomic E-state index is 14.1. The van der Waals surface area contributed by atoms with E-state index in [-0.39, 0.29) is 49.7 Å². The van der Waals surface area contributed by atoms with Crippen LogP contribution in [-0.4, -0.2) is 94.5 Å². The Morgan fingerprint density at radius 2 is 1.26 bits per heavy atom. The number of alkyl carbamates (subject to hydrolysis) is 1. The van der Waals surface area contributed by atoms with Crippen molar-refractivity contribution in [1.82, 2.24) is 19.5 Å². The Morgan fingerprint density at radius 1 is 0.743 bits per heavy atom. The summed E-state index contributed by atoms with van der Waals surface area (Å²) in [4.78, 5) is 64.3. The number of carbonyl (C=O) groups is 1. The number of nitrogens with zero attached hydrogens (tertiary/aromatic N) is 4. The third kappa shape index (κ3) is 13.1. The van der Waals surface area contributed by atoms with Crippen LogP contribution in [-0.2, 0) is 41.7 Å². The topological polar surface area (TPSA) is 238 Å². The van der Waals surface area contributed by atoms with Crippen LogP contribution in [0, 0.1) is 20.2 Å². The lowest BCUT2D eigenvalue weighted by Crippen LogP contribution is -2.50. The molecule has 21 heteroatoms. The van der Waals surface area contributed by atoms with Crippen molar-refractivity contribution in [2.75, 3.05) is 34.0 Å². The van der Waals surface area contributed by atoms with E-state index >= 15 is 0 Å². The number of methoxy groups -OCH3 is 2. The molecule has 5 aromatic carbocycles. The molecule has 2 heterocycles. The van der Waals surface area contributed by atoms with Crippen LogP contribution >= 0.6 is 8.53 Å². The van der Waals surface area contributed by atoms with Crippen molar-refractivity contribution in [3.8, 4) is 11.5 Å². The van der Waals surface area contributed by atoms with Gasteiger partial charge in [-0.25, -0.2) is 14.3 Å². The second-order valence-corrected chi connectivity index (χ2v) is 19.2. The summed E-state index contributed by atoms with van der Waals surface area (Å²) in [6.45, 7) is 7.70. The van der Waals surface area contributed by atoms with Crippen molar-refractivity contribution in [2.24, 2.45) is 0 Å². The SMILES string of the molecule is COc1ccc(C(OC[C@H]2O[C@@H](n3ccc(=O)[nH]c3=O)[C@H](NC(=O)OCCc3ccc([N+](=O)[O-])cc3)[C@@H]2OP(OCCc2ccc([N+](=O)[O-])cc2)N(C(C)C)C(C)C)(c2ccccc2)c2ccc(OC)cc2)cc1. The van der Waals surface area contributed by atoms with Crippen molar-refractivity contribution in [3.63, 3.8) is 0 Å². The van der Waals surface area contributed by atoms with E-state index in [9.17, 15) is 34.6 Å². The van der Waals surface area contributed by atoms with Gasteiger partial charge in [0, 0.05) is 55.0 Å². The van der Waals surface area contributed by atoms with Crippen molar-refractivity contribution in [2.45, 2.75) is 82.7 Å². The predicted octanol–water partition coefficient (Wildman–Crippen LogP) is 8.60. The van der Waals surface area contributed by atoms with Crippen LogP contribution in [0.1, 0.15) is 61.7 Å². The first-order valence-corrected chi connectivity index (χ1v) is 25.0. The monoisotopic (exact) mass is 1030 g/mol. The van der Waals surface area contributed by atoms with Crippen molar-refractivity contribution in [3.05, 3.63) is 209 Å². The van der Waals surface area contributed by atoms with Gasteiger partial charge in [0.15, 0.2) is 6.23 Å². The van der Waals surface area contributed by atoms with Gasteiger partial charge in [-0.1, -0.05) is 78.9 Å². The molecule has 7 rings (SSSR count). The highest BCUT2D eigenvalue weighted by atomic mass is 31.2. The molecular weight excluding hydrogens is 976 g/mol. The minimum absolute atomic E-state index is 0.0460. The van der Waals surface area contributed by atoms with Crippen molar-refractivity contribution >= 4 is 26.0 Å². The quantitative estimate of drug-likeness (QED) is 0.0250. The number of non-ortho nitro benzene ring substituents is 2. The number of benzene rings is 5. The molecule has 20 nitrogen and oxygen atoms in total. The third-order valence-corrected chi connectivity index (χ3v) is 14.5. The summed E-state index contributed by atoms with van der Waals surface area (Å²) in [7, 11) is 1.10. The summed E-state index contributed by atoms with van der Waals surface area (Å²) in [6, 6.07) is 36.2. The van der Waals surface area contributed by atoms with E-state index < -0.39 is 65.8 Å². The van der Waals surface area contributed by atoms with Crippen LogP contribution in [0.25, 0.3) is 0 Å². The van der Waals surface area contributed by atoms with Crippen molar-refractivity contribution in [1.29, 1.82) is 0 Å². The van der Waals surface area contributed by atoms with E-state index in [1.54, 1.807) is 38.5 Å². The molecule has 0 saturated carbocycles. The number of ether oxygens (including phenoxy) is 5. The van der Waals surface area contributed by atoms with E-state index in [2.05, 4.69) is 10.3 Å². The number of rotatable bonds is 24. The number of nitrogens with one attached hydrogen (secondary N) is 2. The van der Waals surface area contributed by atoms with Gasteiger partial charge < -0.3 is 38.0 Å². The van der Waals surface area contributed by atoms with E-state index in [4.69, 9.17) is 32.7 Å². The fourth-order valence-electron chi connectivity index (χ4n) is 8.78. The highest BCUT2D eigenvalue weighted by molar-refractivity contribution is 7.44. The highest BCUT2D eigenvalue weighted by Gasteiger charge is 2.52. The molecule has 6 aromatic rings. The highest BCUT2D eigenvalue weighted by Crippen LogP contribution is 2.51. The molecule has 1 amide bonds. The molecule has 0 spiro atoms. The van der Waals surface area contributed by atoms with Gasteiger partial charge in [0.25, 0.3) is 25.5 Å². The normalized spacial score (nSPS) is 17.0. The van der Waals surface area contributed by atoms with Gasteiger partial charge in [-0.15, -0.1) is 0 Å². The molecule has 1 aliphatic rings. The second-order valence-electron chi connectivity index (χ2n) is 17.8. The van der Waals surface area contributed by atoms with Crippen molar-refractivity contribution < 1.29 is 47.4 Å².